The van der Waals surface area contributed by atoms with Crippen LogP contribution >= 0.6 is 11.6 Å². The first-order valence-electron chi connectivity index (χ1n) is 7.89. The second-order valence-electron chi connectivity index (χ2n) is 5.88. The number of nitrogens with zero attached hydrogens (tertiary/aromatic N) is 3. The standard InChI is InChI=1S/C18H18ClN3O3S/c1-22(8-9-25-14-5-3-4-13(19)10-14)18-16-11-15(26(2,23)24)6-7-17(16)20-12-21-18/h3-7,10-12H,8-9H2,1-2H3. The Bertz CT molecular complexity index is 1040. The third-order valence-electron chi connectivity index (χ3n) is 3.87. The molecule has 0 saturated carbocycles. The van der Waals surface area contributed by atoms with Gasteiger partial charge in [-0.25, -0.2) is 18.4 Å². The maximum atomic E-state index is 11.8. The van der Waals surface area contributed by atoms with E-state index in [1.807, 2.05) is 24.1 Å². The number of hydrogen-bond donors (Lipinski definition) is 0. The Balaban J connectivity index is 1.80. The smallest absolute Gasteiger partial charge is 0.175 e. The molecule has 0 N–H and O–H groups in total. The zero-order valence-electron chi connectivity index (χ0n) is 14.4. The van der Waals surface area contributed by atoms with E-state index in [9.17, 15) is 8.42 Å². The van der Waals surface area contributed by atoms with Gasteiger partial charge in [0.2, 0.25) is 0 Å². The van der Waals surface area contributed by atoms with E-state index in [1.165, 1.54) is 12.6 Å². The van der Waals surface area contributed by atoms with Gasteiger partial charge in [0.25, 0.3) is 0 Å². The molecule has 0 bridgehead atoms. The Kier molecular flexibility index (Phi) is 5.29. The SMILES string of the molecule is CN(CCOc1cccc(Cl)c1)c1ncnc2ccc(S(C)(=O)=O)cc12. The van der Waals surface area contributed by atoms with Crippen LogP contribution in [0.4, 0.5) is 5.82 Å². The molecule has 0 aliphatic rings. The van der Waals surface area contributed by atoms with Crippen molar-refractivity contribution < 1.29 is 13.2 Å². The van der Waals surface area contributed by atoms with Gasteiger partial charge >= 0.3 is 0 Å². The average molecular weight is 392 g/mol. The molecule has 0 amide bonds. The molecule has 0 saturated heterocycles. The number of fused-ring (bicyclic) bond motifs is 1. The fourth-order valence-electron chi connectivity index (χ4n) is 2.52. The van der Waals surface area contributed by atoms with Crippen molar-refractivity contribution in [2.24, 2.45) is 0 Å². The van der Waals surface area contributed by atoms with Crippen molar-refractivity contribution in [3.63, 3.8) is 0 Å². The molecule has 6 nitrogen and oxygen atoms in total. The lowest BCUT2D eigenvalue weighted by Crippen LogP contribution is -2.25. The number of ether oxygens (including phenoxy) is 1. The van der Waals surface area contributed by atoms with Gasteiger partial charge < -0.3 is 9.64 Å². The number of benzene rings is 2. The van der Waals surface area contributed by atoms with E-state index >= 15 is 0 Å². The van der Waals surface area contributed by atoms with E-state index in [-0.39, 0.29) is 4.90 Å². The molecule has 0 fully saturated rings. The van der Waals surface area contributed by atoms with E-state index in [4.69, 9.17) is 16.3 Å². The number of likely N-dealkylation sites (N-methyl/N-ethyl adjacent to an activating group) is 1. The topological polar surface area (TPSA) is 72.4 Å². The van der Waals surface area contributed by atoms with Gasteiger partial charge in [0.1, 0.15) is 24.5 Å². The predicted octanol–water partition coefficient (Wildman–Crippen LogP) is 3.20. The molecule has 1 heterocycles. The van der Waals surface area contributed by atoms with E-state index in [2.05, 4.69) is 9.97 Å². The molecule has 0 atom stereocenters. The van der Waals surface area contributed by atoms with Gasteiger partial charge in [-0.15, -0.1) is 0 Å². The van der Waals surface area contributed by atoms with Gasteiger partial charge in [-0.05, 0) is 36.4 Å². The monoisotopic (exact) mass is 391 g/mol. The van der Waals surface area contributed by atoms with E-state index in [0.29, 0.717) is 40.6 Å². The first-order chi connectivity index (χ1) is 12.3. The lowest BCUT2D eigenvalue weighted by Gasteiger charge is -2.20. The molecule has 0 aliphatic carbocycles. The highest BCUT2D eigenvalue weighted by molar-refractivity contribution is 7.90. The normalized spacial score (nSPS) is 11.5. The Morgan fingerprint density at radius 1 is 1.15 bits per heavy atom. The minimum absolute atomic E-state index is 0.240. The molecule has 3 aromatic rings. The van der Waals surface area contributed by atoms with Gasteiger partial charge in [0, 0.05) is 23.7 Å². The van der Waals surface area contributed by atoms with Crippen molar-refractivity contribution in [1.82, 2.24) is 9.97 Å². The summed E-state index contributed by atoms with van der Waals surface area (Å²) in [7, 11) is -1.43. The van der Waals surface area contributed by atoms with Crippen LogP contribution in [0.3, 0.4) is 0 Å². The zero-order chi connectivity index (χ0) is 18.7. The summed E-state index contributed by atoms with van der Waals surface area (Å²) in [4.78, 5) is 10.7. The lowest BCUT2D eigenvalue weighted by molar-refractivity contribution is 0.326. The summed E-state index contributed by atoms with van der Waals surface area (Å²) in [6, 6.07) is 12.0. The first kappa shape index (κ1) is 18.4. The van der Waals surface area contributed by atoms with Crippen LogP contribution in [0.15, 0.2) is 53.7 Å². The van der Waals surface area contributed by atoms with Crippen molar-refractivity contribution in [2.75, 3.05) is 31.4 Å². The van der Waals surface area contributed by atoms with Crippen LogP contribution in [-0.4, -0.2) is 44.8 Å². The fraction of sp³-hybridized carbons (Fsp3) is 0.222. The number of sulfone groups is 1. The minimum atomic E-state index is -3.31. The van der Waals surface area contributed by atoms with Crippen LogP contribution in [0.5, 0.6) is 5.75 Å². The second-order valence-corrected chi connectivity index (χ2v) is 8.33. The van der Waals surface area contributed by atoms with Crippen LogP contribution in [0.25, 0.3) is 10.9 Å². The number of aromatic nitrogens is 2. The predicted molar refractivity (Wildman–Crippen MR) is 103 cm³/mol. The number of halogens is 1. The van der Waals surface area contributed by atoms with Gasteiger partial charge in [-0.1, -0.05) is 17.7 Å². The third kappa shape index (κ3) is 4.23. The molecular weight excluding hydrogens is 374 g/mol. The van der Waals surface area contributed by atoms with Crippen molar-refractivity contribution in [3.8, 4) is 5.75 Å². The summed E-state index contributed by atoms with van der Waals surface area (Å²) >= 11 is 5.94. The van der Waals surface area contributed by atoms with Crippen molar-refractivity contribution in [2.45, 2.75) is 4.90 Å². The zero-order valence-corrected chi connectivity index (χ0v) is 16.0. The fourth-order valence-corrected chi connectivity index (χ4v) is 3.35. The number of hydrogen-bond acceptors (Lipinski definition) is 6. The maximum Gasteiger partial charge on any atom is 0.175 e. The lowest BCUT2D eigenvalue weighted by atomic mass is 10.2. The van der Waals surface area contributed by atoms with Gasteiger partial charge in [-0.2, -0.15) is 0 Å². The molecule has 2 aromatic carbocycles. The Morgan fingerprint density at radius 3 is 2.69 bits per heavy atom. The molecule has 1 aromatic heterocycles. The maximum absolute atomic E-state index is 11.8. The molecular formula is C18H18ClN3O3S. The molecule has 26 heavy (non-hydrogen) atoms. The van der Waals surface area contributed by atoms with Gasteiger partial charge in [0.15, 0.2) is 9.84 Å². The summed E-state index contributed by atoms with van der Waals surface area (Å²) in [5.41, 5.74) is 0.685. The summed E-state index contributed by atoms with van der Waals surface area (Å²) < 4.78 is 29.4. The molecule has 0 spiro atoms. The van der Waals surface area contributed by atoms with Crippen LogP contribution < -0.4 is 9.64 Å². The summed E-state index contributed by atoms with van der Waals surface area (Å²) in [5.74, 6) is 1.34. The average Bonchev–Trinajstić information content (AvgIpc) is 2.60. The second kappa shape index (κ2) is 7.47. The molecule has 0 radical (unpaired) electrons. The first-order valence-corrected chi connectivity index (χ1v) is 10.2. The van der Waals surface area contributed by atoms with Crippen molar-refractivity contribution in [3.05, 3.63) is 53.8 Å². The quantitative estimate of drug-likeness (QED) is 0.642. The van der Waals surface area contributed by atoms with Crippen LogP contribution in [-0.2, 0) is 9.84 Å². The highest BCUT2D eigenvalue weighted by atomic mass is 35.5. The minimum Gasteiger partial charge on any atom is -0.492 e. The summed E-state index contributed by atoms with van der Waals surface area (Å²) in [6.07, 6.45) is 2.65. The molecule has 0 aliphatic heterocycles. The van der Waals surface area contributed by atoms with Gasteiger partial charge in [0.05, 0.1) is 17.0 Å². The van der Waals surface area contributed by atoms with Crippen LogP contribution in [0.1, 0.15) is 0 Å². The molecule has 3 rings (SSSR count). The van der Waals surface area contributed by atoms with E-state index in [1.54, 1.807) is 30.3 Å². The highest BCUT2D eigenvalue weighted by Gasteiger charge is 2.13. The largest absolute Gasteiger partial charge is 0.492 e. The Morgan fingerprint density at radius 2 is 1.96 bits per heavy atom. The molecule has 0 unspecified atom stereocenters. The van der Waals surface area contributed by atoms with Crippen LogP contribution in [0.2, 0.25) is 5.02 Å². The Hall–Kier alpha value is -2.38. The molecule has 136 valence electrons. The van der Waals surface area contributed by atoms with Crippen molar-refractivity contribution in [1.29, 1.82) is 0 Å². The molecule has 8 heteroatoms. The van der Waals surface area contributed by atoms with E-state index in [0.717, 1.165) is 0 Å². The third-order valence-corrected chi connectivity index (χ3v) is 5.21. The van der Waals surface area contributed by atoms with E-state index < -0.39 is 9.84 Å². The summed E-state index contributed by atoms with van der Waals surface area (Å²) in [6.45, 7) is 0.982. The van der Waals surface area contributed by atoms with Crippen molar-refractivity contribution >= 4 is 38.2 Å². The number of rotatable bonds is 6. The highest BCUT2D eigenvalue weighted by Crippen LogP contribution is 2.25. The Labute approximate surface area is 157 Å². The van der Waals surface area contributed by atoms with Gasteiger partial charge in [-0.3, -0.25) is 0 Å². The summed E-state index contributed by atoms with van der Waals surface area (Å²) in [5, 5.41) is 1.30. The number of anilines is 1. The van der Waals surface area contributed by atoms with Crippen LogP contribution in [0, 0.1) is 0 Å².